The summed E-state index contributed by atoms with van der Waals surface area (Å²) in [5, 5.41) is 3.24. The Bertz CT molecular complexity index is 155. The molecule has 1 fully saturated rings. The number of nitrogens with one attached hydrogen (secondary N) is 1. The summed E-state index contributed by atoms with van der Waals surface area (Å²) < 4.78 is 11.0. The van der Waals surface area contributed by atoms with E-state index < -0.39 is 0 Å². The molecule has 1 heterocycles. The van der Waals surface area contributed by atoms with E-state index in [1.807, 2.05) is 6.08 Å². The summed E-state index contributed by atoms with van der Waals surface area (Å²) in [6.07, 6.45) is 3.28. The van der Waals surface area contributed by atoms with Gasteiger partial charge in [-0.15, -0.1) is 6.58 Å². The molecule has 1 rings (SSSR count). The first-order valence-electron chi connectivity index (χ1n) is 5.34. The number of ether oxygens (including phenoxy) is 2. The van der Waals surface area contributed by atoms with Gasteiger partial charge in [-0.3, -0.25) is 0 Å². The highest BCUT2D eigenvalue weighted by Crippen LogP contribution is 2.12. The summed E-state index contributed by atoms with van der Waals surface area (Å²) in [4.78, 5) is 0. The van der Waals surface area contributed by atoms with Crippen LogP contribution in [0.4, 0.5) is 0 Å². The molecular formula is C11H21NO2. The van der Waals surface area contributed by atoms with Gasteiger partial charge in [-0.1, -0.05) is 6.08 Å². The molecule has 0 spiro atoms. The molecule has 1 N–H and O–H groups in total. The molecule has 0 aromatic rings. The molecule has 1 aliphatic heterocycles. The van der Waals surface area contributed by atoms with Gasteiger partial charge in [-0.25, -0.2) is 0 Å². The van der Waals surface area contributed by atoms with Crippen LogP contribution in [-0.4, -0.2) is 39.0 Å². The maximum atomic E-state index is 5.70. The summed E-state index contributed by atoms with van der Waals surface area (Å²) in [6, 6.07) is 0. The molecule has 1 saturated heterocycles. The van der Waals surface area contributed by atoms with E-state index in [0.29, 0.717) is 5.92 Å². The fraction of sp³-hybridized carbons (Fsp3) is 0.818. The molecule has 3 heteroatoms. The minimum atomic E-state index is 0.274. The monoisotopic (exact) mass is 199 g/mol. The van der Waals surface area contributed by atoms with Gasteiger partial charge in [0.15, 0.2) is 0 Å². The Hall–Kier alpha value is -0.380. The fourth-order valence-electron chi connectivity index (χ4n) is 1.46. The smallest absolute Gasteiger partial charge is 0.0671 e. The predicted octanol–water partition coefficient (Wildman–Crippen LogP) is 1.20. The Morgan fingerprint density at radius 3 is 3.21 bits per heavy atom. The van der Waals surface area contributed by atoms with E-state index in [1.54, 1.807) is 0 Å². The van der Waals surface area contributed by atoms with Crippen LogP contribution in [0.2, 0.25) is 0 Å². The van der Waals surface area contributed by atoms with Gasteiger partial charge >= 0.3 is 0 Å². The Labute approximate surface area is 86.5 Å². The molecule has 0 radical (unpaired) electrons. The quantitative estimate of drug-likeness (QED) is 0.494. The van der Waals surface area contributed by atoms with E-state index in [1.165, 1.54) is 0 Å². The first-order chi connectivity index (χ1) is 6.83. The Balaban J connectivity index is 1.96. The van der Waals surface area contributed by atoms with Crippen molar-refractivity contribution < 1.29 is 9.47 Å². The van der Waals surface area contributed by atoms with Crippen LogP contribution in [0.5, 0.6) is 0 Å². The molecule has 0 aliphatic carbocycles. The van der Waals surface area contributed by atoms with Crippen LogP contribution in [0, 0.1) is 5.92 Å². The average molecular weight is 199 g/mol. The molecule has 0 amide bonds. The minimum Gasteiger partial charge on any atom is -0.381 e. The van der Waals surface area contributed by atoms with Gasteiger partial charge in [0.25, 0.3) is 0 Å². The molecule has 2 unspecified atom stereocenters. The molecule has 0 bridgehead atoms. The molecule has 3 nitrogen and oxygen atoms in total. The molecule has 0 aromatic carbocycles. The second-order valence-electron chi connectivity index (χ2n) is 3.82. The highest BCUT2D eigenvalue weighted by atomic mass is 16.5. The van der Waals surface area contributed by atoms with Crippen LogP contribution in [-0.2, 0) is 9.47 Å². The standard InChI is InChI=1S/C11H21NO2/c1-3-5-12-7-10(2)14-9-11-4-6-13-8-11/h3,10-12H,1,4-9H2,2H3. The zero-order valence-electron chi connectivity index (χ0n) is 9.00. The number of hydrogen-bond donors (Lipinski definition) is 1. The van der Waals surface area contributed by atoms with E-state index in [2.05, 4.69) is 18.8 Å². The van der Waals surface area contributed by atoms with Crippen molar-refractivity contribution in [3.05, 3.63) is 12.7 Å². The Kier molecular flexibility index (Phi) is 5.83. The van der Waals surface area contributed by atoms with Crippen molar-refractivity contribution in [2.75, 3.05) is 32.9 Å². The lowest BCUT2D eigenvalue weighted by molar-refractivity contribution is 0.0375. The normalized spacial score (nSPS) is 23.6. The lowest BCUT2D eigenvalue weighted by Crippen LogP contribution is -2.28. The van der Waals surface area contributed by atoms with Crippen LogP contribution >= 0.6 is 0 Å². The van der Waals surface area contributed by atoms with Crippen molar-refractivity contribution in [2.24, 2.45) is 5.92 Å². The van der Waals surface area contributed by atoms with E-state index in [9.17, 15) is 0 Å². The van der Waals surface area contributed by atoms with Crippen LogP contribution in [0.3, 0.4) is 0 Å². The maximum absolute atomic E-state index is 5.70. The maximum Gasteiger partial charge on any atom is 0.0671 e. The van der Waals surface area contributed by atoms with Crippen molar-refractivity contribution in [3.63, 3.8) is 0 Å². The molecule has 1 aliphatic rings. The van der Waals surface area contributed by atoms with Crippen molar-refractivity contribution in [1.82, 2.24) is 5.32 Å². The molecule has 14 heavy (non-hydrogen) atoms. The van der Waals surface area contributed by atoms with Gasteiger partial charge in [-0.2, -0.15) is 0 Å². The predicted molar refractivity (Wildman–Crippen MR) is 57.4 cm³/mol. The van der Waals surface area contributed by atoms with Gasteiger partial charge < -0.3 is 14.8 Å². The van der Waals surface area contributed by atoms with Crippen LogP contribution in [0.25, 0.3) is 0 Å². The summed E-state index contributed by atoms with van der Waals surface area (Å²) in [7, 11) is 0. The van der Waals surface area contributed by atoms with Gasteiger partial charge in [0, 0.05) is 25.6 Å². The van der Waals surface area contributed by atoms with Crippen LogP contribution in [0.1, 0.15) is 13.3 Å². The lowest BCUT2D eigenvalue weighted by atomic mass is 10.1. The van der Waals surface area contributed by atoms with E-state index in [0.717, 1.165) is 39.3 Å². The van der Waals surface area contributed by atoms with Gasteiger partial charge in [0.1, 0.15) is 0 Å². The number of hydrogen-bond acceptors (Lipinski definition) is 3. The zero-order chi connectivity index (χ0) is 10.2. The fourth-order valence-corrected chi connectivity index (χ4v) is 1.46. The lowest BCUT2D eigenvalue weighted by Gasteiger charge is -2.15. The second-order valence-corrected chi connectivity index (χ2v) is 3.82. The molecular weight excluding hydrogens is 178 g/mol. The molecule has 0 aromatic heterocycles. The van der Waals surface area contributed by atoms with Crippen molar-refractivity contribution >= 4 is 0 Å². The minimum absolute atomic E-state index is 0.274. The van der Waals surface area contributed by atoms with Crippen LogP contribution in [0.15, 0.2) is 12.7 Å². The summed E-state index contributed by atoms with van der Waals surface area (Å²) >= 11 is 0. The van der Waals surface area contributed by atoms with E-state index in [4.69, 9.17) is 9.47 Å². The van der Waals surface area contributed by atoms with E-state index >= 15 is 0 Å². The van der Waals surface area contributed by atoms with Crippen molar-refractivity contribution in [1.29, 1.82) is 0 Å². The summed E-state index contributed by atoms with van der Waals surface area (Å²) in [5.74, 6) is 0.608. The van der Waals surface area contributed by atoms with Gasteiger partial charge in [-0.05, 0) is 13.3 Å². The first kappa shape index (κ1) is 11.7. The van der Waals surface area contributed by atoms with Crippen molar-refractivity contribution in [3.8, 4) is 0 Å². The Morgan fingerprint density at radius 1 is 1.71 bits per heavy atom. The first-order valence-corrected chi connectivity index (χ1v) is 5.34. The highest BCUT2D eigenvalue weighted by molar-refractivity contribution is 4.71. The third-order valence-corrected chi connectivity index (χ3v) is 2.36. The zero-order valence-corrected chi connectivity index (χ0v) is 9.00. The van der Waals surface area contributed by atoms with Crippen molar-refractivity contribution in [2.45, 2.75) is 19.4 Å². The van der Waals surface area contributed by atoms with E-state index in [-0.39, 0.29) is 6.10 Å². The molecule has 82 valence electrons. The second kappa shape index (κ2) is 6.98. The molecule has 2 atom stereocenters. The third kappa shape index (κ3) is 4.74. The summed E-state index contributed by atoms with van der Waals surface area (Å²) in [5.41, 5.74) is 0. The summed E-state index contributed by atoms with van der Waals surface area (Å²) in [6.45, 7) is 10.1. The SMILES string of the molecule is C=CCNCC(C)OCC1CCOC1. The molecule has 0 saturated carbocycles. The third-order valence-electron chi connectivity index (χ3n) is 2.36. The topological polar surface area (TPSA) is 30.5 Å². The van der Waals surface area contributed by atoms with Gasteiger partial charge in [0.05, 0.1) is 19.3 Å². The average Bonchev–Trinajstić information content (AvgIpc) is 2.68. The largest absolute Gasteiger partial charge is 0.381 e. The number of rotatable bonds is 7. The van der Waals surface area contributed by atoms with Gasteiger partial charge in [0.2, 0.25) is 0 Å². The Morgan fingerprint density at radius 2 is 2.57 bits per heavy atom. The van der Waals surface area contributed by atoms with Crippen LogP contribution < -0.4 is 5.32 Å². The highest BCUT2D eigenvalue weighted by Gasteiger charge is 2.16.